The summed E-state index contributed by atoms with van der Waals surface area (Å²) in [6.07, 6.45) is 8.41. The van der Waals surface area contributed by atoms with Gasteiger partial charge in [0.1, 0.15) is 0 Å². The molecule has 0 radical (unpaired) electrons. The quantitative estimate of drug-likeness (QED) is 0.659. The Morgan fingerprint density at radius 2 is 1.29 bits per heavy atom. The van der Waals surface area contributed by atoms with Gasteiger partial charge in [0.2, 0.25) is 0 Å². The first-order valence-electron chi connectivity index (χ1n) is 7.88. The third-order valence-corrected chi connectivity index (χ3v) is 4.45. The van der Waals surface area contributed by atoms with E-state index in [-0.39, 0.29) is 0 Å². The minimum absolute atomic E-state index is 0.925. The van der Waals surface area contributed by atoms with E-state index in [1.165, 1.54) is 51.6 Å². The van der Waals surface area contributed by atoms with Gasteiger partial charge >= 0.3 is 0 Å². The molecular weight excluding hydrogens is 206 g/mol. The second-order valence-electron chi connectivity index (χ2n) is 6.44. The Balaban J connectivity index is 2.32. The predicted octanol–water partition coefficient (Wildman–Crippen LogP) is 4.47. The topological polar surface area (TPSA) is 12.0 Å². The van der Waals surface area contributed by atoms with Gasteiger partial charge < -0.3 is 5.32 Å². The minimum atomic E-state index is 0.925. The third kappa shape index (κ3) is 5.42. The van der Waals surface area contributed by atoms with Gasteiger partial charge in [-0.2, -0.15) is 0 Å². The smallest absolute Gasteiger partial charge is 0.00172 e. The molecule has 0 aromatic rings. The maximum Gasteiger partial charge on any atom is -0.00172 e. The fraction of sp³-hybridized carbons (Fsp3) is 1.00. The summed E-state index contributed by atoms with van der Waals surface area (Å²) in [5, 5.41) is 3.62. The summed E-state index contributed by atoms with van der Waals surface area (Å²) >= 11 is 0. The van der Waals surface area contributed by atoms with Crippen molar-refractivity contribution in [3.63, 3.8) is 0 Å². The van der Waals surface area contributed by atoms with Crippen LogP contribution in [0.3, 0.4) is 0 Å². The van der Waals surface area contributed by atoms with Crippen molar-refractivity contribution in [2.24, 2.45) is 23.7 Å². The number of hydrogen-bond donors (Lipinski definition) is 1. The molecule has 1 heteroatoms. The number of rotatable bonds is 8. The molecule has 1 N–H and O–H groups in total. The molecule has 0 unspecified atom stereocenters. The summed E-state index contributed by atoms with van der Waals surface area (Å²) in [6, 6.07) is 0. The average molecular weight is 239 g/mol. The molecule has 1 heterocycles. The summed E-state index contributed by atoms with van der Waals surface area (Å²) in [7, 11) is 0. The SMILES string of the molecule is CCC[C@H](C)C[C@H]1CNC[C@@H]1C[C@@H](C)CCC. The van der Waals surface area contributed by atoms with Crippen molar-refractivity contribution in [2.45, 2.75) is 66.2 Å². The van der Waals surface area contributed by atoms with Crippen LogP contribution in [0.25, 0.3) is 0 Å². The second kappa shape index (κ2) is 8.13. The first kappa shape index (κ1) is 15.0. The molecule has 1 fully saturated rings. The minimum Gasteiger partial charge on any atom is -0.316 e. The largest absolute Gasteiger partial charge is 0.316 e. The van der Waals surface area contributed by atoms with E-state index in [9.17, 15) is 0 Å². The van der Waals surface area contributed by atoms with Crippen molar-refractivity contribution in [1.82, 2.24) is 5.32 Å². The molecule has 0 saturated carbocycles. The molecule has 1 aliphatic rings. The third-order valence-electron chi connectivity index (χ3n) is 4.45. The van der Waals surface area contributed by atoms with Crippen LogP contribution in [-0.4, -0.2) is 13.1 Å². The molecule has 1 nitrogen and oxygen atoms in total. The molecule has 0 aromatic carbocycles. The zero-order valence-corrected chi connectivity index (χ0v) is 12.5. The van der Waals surface area contributed by atoms with Crippen LogP contribution in [0, 0.1) is 23.7 Å². The molecule has 17 heavy (non-hydrogen) atoms. The predicted molar refractivity (Wildman–Crippen MR) is 77.2 cm³/mol. The van der Waals surface area contributed by atoms with E-state index in [4.69, 9.17) is 0 Å². The Morgan fingerprint density at radius 3 is 1.65 bits per heavy atom. The molecule has 0 amide bonds. The van der Waals surface area contributed by atoms with Crippen LogP contribution >= 0.6 is 0 Å². The van der Waals surface area contributed by atoms with Crippen molar-refractivity contribution in [1.29, 1.82) is 0 Å². The van der Waals surface area contributed by atoms with Gasteiger partial charge in [-0.1, -0.05) is 53.4 Å². The van der Waals surface area contributed by atoms with E-state index in [1.54, 1.807) is 0 Å². The van der Waals surface area contributed by atoms with Crippen molar-refractivity contribution in [3.05, 3.63) is 0 Å². The summed E-state index contributed by atoms with van der Waals surface area (Å²) in [5.41, 5.74) is 0. The van der Waals surface area contributed by atoms with Gasteiger partial charge in [0.05, 0.1) is 0 Å². The highest BCUT2D eigenvalue weighted by Gasteiger charge is 2.28. The van der Waals surface area contributed by atoms with Crippen molar-refractivity contribution in [3.8, 4) is 0 Å². The molecule has 0 bridgehead atoms. The van der Waals surface area contributed by atoms with E-state index < -0.39 is 0 Å². The zero-order valence-electron chi connectivity index (χ0n) is 12.5. The van der Waals surface area contributed by atoms with E-state index in [2.05, 4.69) is 33.0 Å². The van der Waals surface area contributed by atoms with Crippen LogP contribution in [0.15, 0.2) is 0 Å². The Morgan fingerprint density at radius 1 is 0.882 bits per heavy atom. The van der Waals surface area contributed by atoms with Crippen LogP contribution < -0.4 is 5.32 Å². The lowest BCUT2D eigenvalue weighted by atomic mass is 9.81. The van der Waals surface area contributed by atoms with Crippen LogP contribution in [0.2, 0.25) is 0 Å². The standard InChI is InChI=1S/C16H33N/c1-5-7-13(3)9-15-11-17-12-16(15)10-14(4)8-6-2/h13-17H,5-12H2,1-4H3/t13-,14-,15-,16-/m0/s1. The number of hydrogen-bond acceptors (Lipinski definition) is 1. The lowest BCUT2D eigenvalue weighted by Gasteiger charge is -2.24. The molecule has 4 atom stereocenters. The molecule has 0 aliphatic carbocycles. The summed E-state index contributed by atoms with van der Waals surface area (Å²) < 4.78 is 0. The monoisotopic (exact) mass is 239 g/mol. The van der Waals surface area contributed by atoms with E-state index in [1.807, 2.05) is 0 Å². The van der Waals surface area contributed by atoms with Gasteiger partial charge in [-0.3, -0.25) is 0 Å². The first-order chi connectivity index (χ1) is 8.17. The van der Waals surface area contributed by atoms with Gasteiger partial charge in [-0.05, 0) is 49.6 Å². The maximum atomic E-state index is 3.62. The summed E-state index contributed by atoms with van der Waals surface area (Å²) in [5.74, 6) is 3.76. The first-order valence-corrected chi connectivity index (χ1v) is 7.88. The van der Waals surface area contributed by atoms with Crippen LogP contribution in [0.1, 0.15) is 66.2 Å². The van der Waals surface area contributed by atoms with Gasteiger partial charge in [-0.15, -0.1) is 0 Å². The normalized spacial score (nSPS) is 28.2. The fourth-order valence-electron chi connectivity index (χ4n) is 3.59. The molecule has 1 aliphatic heterocycles. The Kier molecular flexibility index (Phi) is 7.18. The van der Waals surface area contributed by atoms with Crippen molar-refractivity contribution < 1.29 is 0 Å². The zero-order chi connectivity index (χ0) is 12.7. The van der Waals surface area contributed by atoms with E-state index in [0.29, 0.717) is 0 Å². The van der Waals surface area contributed by atoms with Crippen molar-refractivity contribution in [2.75, 3.05) is 13.1 Å². The van der Waals surface area contributed by atoms with Gasteiger partial charge in [0.25, 0.3) is 0 Å². The number of nitrogens with one attached hydrogen (secondary N) is 1. The molecule has 102 valence electrons. The Bertz CT molecular complexity index is 170. The van der Waals surface area contributed by atoms with E-state index in [0.717, 1.165) is 23.7 Å². The lowest BCUT2D eigenvalue weighted by Crippen LogP contribution is -2.18. The Labute approximate surface area is 109 Å². The fourth-order valence-corrected chi connectivity index (χ4v) is 3.59. The molecule has 0 spiro atoms. The summed E-state index contributed by atoms with van der Waals surface area (Å²) in [4.78, 5) is 0. The molecule has 1 saturated heterocycles. The summed E-state index contributed by atoms with van der Waals surface area (Å²) in [6.45, 7) is 12.0. The van der Waals surface area contributed by atoms with Crippen LogP contribution in [0.4, 0.5) is 0 Å². The average Bonchev–Trinajstić information content (AvgIpc) is 2.66. The van der Waals surface area contributed by atoms with Gasteiger partial charge in [0, 0.05) is 0 Å². The highest BCUT2D eigenvalue weighted by atomic mass is 14.9. The Hall–Kier alpha value is -0.0400. The molecular formula is C16H33N. The lowest BCUT2D eigenvalue weighted by molar-refractivity contribution is 0.276. The second-order valence-corrected chi connectivity index (χ2v) is 6.44. The van der Waals surface area contributed by atoms with Crippen LogP contribution in [-0.2, 0) is 0 Å². The van der Waals surface area contributed by atoms with E-state index >= 15 is 0 Å². The maximum absolute atomic E-state index is 3.62. The molecule has 1 rings (SSSR count). The highest BCUT2D eigenvalue weighted by molar-refractivity contribution is 4.83. The molecule has 0 aromatic heterocycles. The van der Waals surface area contributed by atoms with Crippen molar-refractivity contribution >= 4 is 0 Å². The van der Waals surface area contributed by atoms with Crippen LogP contribution in [0.5, 0.6) is 0 Å². The highest BCUT2D eigenvalue weighted by Crippen LogP contribution is 2.31. The van der Waals surface area contributed by atoms with Gasteiger partial charge in [-0.25, -0.2) is 0 Å². The van der Waals surface area contributed by atoms with Gasteiger partial charge in [0.15, 0.2) is 0 Å².